The monoisotopic (exact) mass is 143 g/mol. The number of aliphatic hydroxyl groups is 1. The van der Waals surface area contributed by atoms with Crippen molar-refractivity contribution in [3.63, 3.8) is 0 Å². The van der Waals surface area contributed by atoms with Gasteiger partial charge in [0.05, 0.1) is 6.10 Å². The first-order chi connectivity index (χ1) is 4.72. The summed E-state index contributed by atoms with van der Waals surface area (Å²) in [7, 11) is 0. The van der Waals surface area contributed by atoms with Crippen molar-refractivity contribution in [1.82, 2.24) is 5.32 Å². The first kappa shape index (κ1) is 8.02. The molecule has 1 aliphatic rings. The van der Waals surface area contributed by atoms with Gasteiger partial charge in [-0.05, 0) is 26.2 Å². The van der Waals surface area contributed by atoms with E-state index in [0.717, 1.165) is 19.3 Å². The Balaban J connectivity index is 2.35. The molecule has 0 amide bonds. The maximum Gasteiger partial charge on any atom is 0.0569 e. The van der Waals surface area contributed by atoms with Crippen LogP contribution in [0.1, 0.15) is 33.1 Å². The maximum atomic E-state index is 9.34. The fourth-order valence-electron chi connectivity index (χ4n) is 1.66. The summed E-state index contributed by atoms with van der Waals surface area (Å²) in [6.45, 7) is 4.29. The van der Waals surface area contributed by atoms with E-state index in [2.05, 4.69) is 19.2 Å². The van der Waals surface area contributed by atoms with E-state index in [-0.39, 0.29) is 6.10 Å². The van der Waals surface area contributed by atoms with Gasteiger partial charge < -0.3 is 10.4 Å². The highest BCUT2D eigenvalue weighted by molar-refractivity contribution is 4.81. The normalized spacial score (nSPS) is 41.7. The Kier molecular flexibility index (Phi) is 2.69. The number of nitrogens with one attached hydrogen (secondary N) is 1. The van der Waals surface area contributed by atoms with E-state index in [0.29, 0.717) is 12.1 Å². The standard InChI is InChI=1S/C8H17NO/c1-3-7-5-8(10)4-6(2)9-7/h6-10H,3-5H2,1-2H3. The molecule has 0 aromatic heterocycles. The Labute approximate surface area is 62.6 Å². The average molecular weight is 143 g/mol. The summed E-state index contributed by atoms with van der Waals surface area (Å²) >= 11 is 0. The zero-order valence-electron chi connectivity index (χ0n) is 6.80. The lowest BCUT2D eigenvalue weighted by atomic mass is 9.95. The van der Waals surface area contributed by atoms with Crippen LogP contribution in [0.5, 0.6) is 0 Å². The number of hydrogen-bond acceptors (Lipinski definition) is 2. The van der Waals surface area contributed by atoms with E-state index in [4.69, 9.17) is 0 Å². The van der Waals surface area contributed by atoms with Crippen LogP contribution in [0.3, 0.4) is 0 Å². The third-order valence-corrected chi connectivity index (χ3v) is 2.20. The molecule has 0 aliphatic carbocycles. The fourth-order valence-corrected chi connectivity index (χ4v) is 1.66. The van der Waals surface area contributed by atoms with E-state index in [9.17, 15) is 5.11 Å². The second-order valence-corrected chi connectivity index (χ2v) is 3.30. The van der Waals surface area contributed by atoms with Crippen molar-refractivity contribution in [3.05, 3.63) is 0 Å². The predicted molar refractivity (Wildman–Crippen MR) is 41.9 cm³/mol. The van der Waals surface area contributed by atoms with Crippen LogP contribution in [-0.4, -0.2) is 23.3 Å². The van der Waals surface area contributed by atoms with Crippen molar-refractivity contribution >= 4 is 0 Å². The Morgan fingerprint density at radius 3 is 2.70 bits per heavy atom. The molecule has 2 N–H and O–H groups in total. The van der Waals surface area contributed by atoms with Gasteiger partial charge >= 0.3 is 0 Å². The van der Waals surface area contributed by atoms with Gasteiger partial charge in [-0.15, -0.1) is 0 Å². The third-order valence-electron chi connectivity index (χ3n) is 2.20. The zero-order valence-corrected chi connectivity index (χ0v) is 6.80. The Bertz CT molecular complexity index is 95.4. The minimum Gasteiger partial charge on any atom is -0.393 e. The highest BCUT2D eigenvalue weighted by atomic mass is 16.3. The molecule has 1 aliphatic heterocycles. The molecule has 0 aromatic rings. The molecule has 0 bridgehead atoms. The fraction of sp³-hybridized carbons (Fsp3) is 1.00. The molecule has 1 saturated heterocycles. The van der Waals surface area contributed by atoms with Crippen LogP contribution in [0.2, 0.25) is 0 Å². The minimum atomic E-state index is -0.0683. The van der Waals surface area contributed by atoms with Crippen molar-refractivity contribution in [1.29, 1.82) is 0 Å². The van der Waals surface area contributed by atoms with E-state index in [1.807, 2.05) is 0 Å². The first-order valence-electron chi connectivity index (χ1n) is 4.16. The summed E-state index contributed by atoms with van der Waals surface area (Å²) in [5, 5.41) is 12.8. The highest BCUT2D eigenvalue weighted by Crippen LogP contribution is 2.14. The molecule has 0 radical (unpaired) electrons. The van der Waals surface area contributed by atoms with Crippen LogP contribution in [0.25, 0.3) is 0 Å². The molecule has 60 valence electrons. The highest BCUT2D eigenvalue weighted by Gasteiger charge is 2.22. The first-order valence-corrected chi connectivity index (χ1v) is 4.16. The minimum absolute atomic E-state index is 0.0683. The van der Waals surface area contributed by atoms with Crippen LogP contribution >= 0.6 is 0 Å². The number of rotatable bonds is 1. The van der Waals surface area contributed by atoms with Gasteiger partial charge in [-0.2, -0.15) is 0 Å². The van der Waals surface area contributed by atoms with Gasteiger partial charge in [0, 0.05) is 12.1 Å². The predicted octanol–water partition coefficient (Wildman–Crippen LogP) is 0.898. The third kappa shape index (κ3) is 1.96. The van der Waals surface area contributed by atoms with Crippen molar-refractivity contribution in [2.75, 3.05) is 0 Å². The van der Waals surface area contributed by atoms with Gasteiger partial charge in [0.15, 0.2) is 0 Å². The second-order valence-electron chi connectivity index (χ2n) is 3.30. The van der Waals surface area contributed by atoms with Crippen molar-refractivity contribution in [2.24, 2.45) is 0 Å². The lowest BCUT2D eigenvalue weighted by molar-refractivity contribution is 0.0966. The molecule has 1 rings (SSSR count). The lowest BCUT2D eigenvalue weighted by Gasteiger charge is -2.31. The summed E-state index contributed by atoms with van der Waals surface area (Å²) in [5.74, 6) is 0. The summed E-state index contributed by atoms with van der Waals surface area (Å²) in [5.41, 5.74) is 0. The average Bonchev–Trinajstić information content (AvgIpc) is 1.85. The van der Waals surface area contributed by atoms with Crippen molar-refractivity contribution in [2.45, 2.75) is 51.3 Å². The lowest BCUT2D eigenvalue weighted by Crippen LogP contribution is -2.45. The maximum absolute atomic E-state index is 9.34. The number of piperidine rings is 1. The molecule has 0 aromatic carbocycles. The van der Waals surface area contributed by atoms with Crippen LogP contribution in [-0.2, 0) is 0 Å². The number of aliphatic hydroxyl groups excluding tert-OH is 1. The SMILES string of the molecule is CCC1CC(O)CC(C)N1. The molecule has 1 heterocycles. The number of hydrogen-bond donors (Lipinski definition) is 2. The van der Waals surface area contributed by atoms with Crippen molar-refractivity contribution in [3.8, 4) is 0 Å². The molecule has 3 unspecified atom stereocenters. The van der Waals surface area contributed by atoms with Gasteiger partial charge in [-0.25, -0.2) is 0 Å². The van der Waals surface area contributed by atoms with E-state index < -0.39 is 0 Å². The summed E-state index contributed by atoms with van der Waals surface area (Å²) < 4.78 is 0. The topological polar surface area (TPSA) is 32.3 Å². The van der Waals surface area contributed by atoms with Crippen LogP contribution < -0.4 is 5.32 Å². The summed E-state index contributed by atoms with van der Waals surface area (Å²) in [6.07, 6.45) is 2.90. The van der Waals surface area contributed by atoms with Crippen molar-refractivity contribution < 1.29 is 5.11 Å². The molecule has 10 heavy (non-hydrogen) atoms. The van der Waals surface area contributed by atoms with Gasteiger partial charge in [-0.1, -0.05) is 6.92 Å². The van der Waals surface area contributed by atoms with E-state index in [1.165, 1.54) is 0 Å². The molecule has 3 atom stereocenters. The molecule has 2 nitrogen and oxygen atoms in total. The summed E-state index contributed by atoms with van der Waals surface area (Å²) in [6, 6.07) is 1.03. The van der Waals surface area contributed by atoms with Crippen LogP contribution in [0.15, 0.2) is 0 Å². The molecule has 2 heteroatoms. The largest absolute Gasteiger partial charge is 0.393 e. The van der Waals surface area contributed by atoms with Gasteiger partial charge in [0.2, 0.25) is 0 Å². The molecule has 0 saturated carbocycles. The second kappa shape index (κ2) is 3.35. The Morgan fingerprint density at radius 2 is 2.20 bits per heavy atom. The van der Waals surface area contributed by atoms with Gasteiger partial charge in [0.1, 0.15) is 0 Å². The molecule has 0 spiro atoms. The van der Waals surface area contributed by atoms with Gasteiger partial charge in [0.25, 0.3) is 0 Å². The quantitative estimate of drug-likeness (QED) is 0.571. The molecular weight excluding hydrogens is 126 g/mol. The van der Waals surface area contributed by atoms with E-state index >= 15 is 0 Å². The van der Waals surface area contributed by atoms with Crippen LogP contribution in [0, 0.1) is 0 Å². The van der Waals surface area contributed by atoms with Crippen LogP contribution in [0.4, 0.5) is 0 Å². The smallest absolute Gasteiger partial charge is 0.0569 e. The summed E-state index contributed by atoms with van der Waals surface area (Å²) in [4.78, 5) is 0. The zero-order chi connectivity index (χ0) is 7.56. The molecular formula is C8H17NO. The Hall–Kier alpha value is -0.0800. The van der Waals surface area contributed by atoms with E-state index in [1.54, 1.807) is 0 Å². The molecule has 1 fully saturated rings. The Morgan fingerprint density at radius 1 is 1.50 bits per heavy atom. The van der Waals surface area contributed by atoms with Gasteiger partial charge in [-0.3, -0.25) is 0 Å².